The number of hydrogen-bond donors (Lipinski definition) is 1. The van der Waals surface area contributed by atoms with Gasteiger partial charge in [-0.2, -0.15) is 0 Å². The Morgan fingerprint density at radius 3 is 1.95 bits per heavy atom. The summed E-state index contributed by atoms with van der Waals surface area (Å²) < 4.78 is 27.5. The van der Waals surface area contributed by atoms with E-state index in [4.69, 9.17) is 0 Å². The molecule has 20 heavy (non-hydrogen) atoms. The van der Waals surface area contributed by atoms with E-state index in [9.17, 15) is 8.42 Å². The molecule has 2 rings (SSSR count). The van der Waals surface area contributed by atoms with Crippen molar-refractivity contribution in [2.45, 2.75) is 32.6 Å². The number of hydrogen-bond acceptors (Lipinski definition) is 2. The van der Waals surface area contributed by atoms with E-state index in [1.807, 2.05) is 45.9 Å². The van der Waals surface area contributed by atoms with Gasteiger partial charge in [-0.05, 0) is 62.6 Å². The summed E-state index contributed by atoms with van der Waals surface area (Å²) in [5.74, 6) is 0. The molecule has 0 amide bonds. The number of nitrogens with one attached hydrogen (secondary N) is 1. The molecule has 4 heteroatoms. The van der Waals surface area contributed by atoms with Gasteiger partial charge >= 0.3 is 0 Å². The molecular weight excluding hydrogens is 270 g/mol. The number of anilines is 1. The van der Waals surface area contributed by atoms with Gasteiger partial charge in [0, 0.05) is 5.69 Å². The van der Waals surface area contributed by atoms with Crippen molar-refractivity contribution in [2.24, 2.45) is 0 Å². The lowest BCUT2D eigenvalue weighted by Gasteiger charge is -2.12. The van der Waals surface area contributed by atoms with Crippen LogP contribution in [0.3, 0.4) is 0 Å². The third-order valence-electron chi connectivity index (χ3n) is 3.38. The summed E-state index contributed by atoms with van der Waals surface area (Å²) in [7, 11) is -3.55. The highest BCUT2D eigenvalue weighted by Gasteiger charge is 2.17. The fraction of sp³-hybridized carbons (Fsp3) is 0.250. The van der Waals surface area contributed by atoms with Crippen LogP contribution in [0.5, 0.6) is 0 Å². The van der Waals surface area contributed by atoms with E-state index in [1.165, 1.54) is 0 Å². The van der Waals surface area contributed by atoms with E-state index in [0.717, 1.165) is 22.3 Å². The molecule has 0 spiro atoms. The molecule has 0 atom stereocenters. The molecule has 0 radical (unpaired) electrons. The molecule has 1 N–H and O–H groups in total. The SMILES string of the molecule is Cc1ccc(NS(=O)(=O)c2cc(C)c(C)cc2C)cc1. The van der Waals surface area contributed by atoms with Crippen molar-refractivity contribution in [3.8, 4) is 0 Å². The molecule has 0 aliphatic heterocycles. The smallest absolute Gasteiger partial charge is 0.262 e. The van der Waals surface area contributed by atoms with Crippen LogP contribution in [0.1, 0.15) is 22.3 Å². The van der Waals surface area contributed by atoms with E-state index in [1.54, 1.807) is 18.2 Å². The average Bonchev–Trinajstić information content (AvgIpc) is 2.36. The van der Waals surface area contributed by atoms with Crippen LogP contribution >= 0.6 is 0 Å². The Balaban J connectivity index is 2.40. The van der Waals surface area contributed by atoms with Gasteiger partial charge in [-0.1, -0.05) is 23.8 Å². The maximum absolute atomic E-state index is 12.5. The number of rotatable bonds is 3. The summed E-state index contributed by atoms with van der Waals surface area (Å²) >= 11 is 0. The molecule has 0 aliphatic rings. The first kappa shape index (κ1) is 14.6. The maximum atomic E-state index is 12.5. The van der Waals surface area contributed by atoms with Crippen LogP contribution in [-0.4, -0.2) is 8.42 Å². The number of benzene rings is 2. The van der Waals surface area contributed by atoms with Gasteiger partial charge in [-0.15, -0.1) is 0 Å². The molecule has 2 aromatic rings. The van der Waals surface area contributed by atoms with E-state index < -0.39 is 10.0 Å². The summed E-state index contributed by atoms with van der Waals surface area (Å²) in [5, 5.41) is 0. The van der Waals surface area contributed by atoms with Crippen LogP contribution in [0.2, 0.25) is 0 Å². The average molecular weight is 289 g/mol. The molecule has 0 heterocycles. The fourth-order valence-electron chi connectivity index (χ4n) is 2.06. The fourth-order valence-corrected chi connectivity index (χ4v) is 3.43. The third-order valence-corrected chi connectivity index (χ3v) is 4.91. The van der Waals surface area contributed by atoms with Crippen molar-refractivity contribution in [3.63, 3.8) is 0 Å². The first-order valence-electron chi connectivity index (χ1n) is 6.47. The van der Waals surface area contributed by atoms with Crippen LogP contribution in [0, 0.1) is 27.7 Å². The molecule has 2 aromatic carbocycles. The number of sulfonamides is 1. The highest BCUT2D eigenvalue weighted by atomic mass is 32.2. The minimum absolute atomic E-state index is 0.334. The van der Waals surface area contributed by atoms with E-state index in [2.05, 4.69) is 4.72 Å². The molecule has 0 saturated heterocycles. The highest BCUT2D eigenvalue weighted by Crippen LogP contribution is 2.22. The maximum Gasteiger partial charge on any atom is 0.262 e. The molecule has 0 unspecified atom stereocenters. The lowest BCUT2D eigenvalue weighted by atomic mass is 10.1. The van der Waals surface area contributed by atoms with E-state index in [0.29, 0.717) is 10.6 Å². The zero-order chi connectivity index (χ0) is 14.9. The zero-order valence-corrected chi connectivity index (χ0v) is 13.0. The van der Waals surface area contributed by atoms with E-state index >= 15 is 0 Å². The Kier molecular flexibility index (Phi) is 3.86. The minimum atomic E-state index is -3.55. The van der Waals surface area contributed by atoms with Crippen LogP contribution < -0.4 is 4.72 Å². The molecule has 0 bridgehead atoms. The second-order valence-corrected chi connectivity index (χ2v) is 6.82. The predicted octanol–water partition coefficient (Wildman–Crippen LogP) is 3.72. The van der Waals surface area contributed by atoms with E-state index in [-0.39, 0.29) is 0 Å². The first-order chi connectivity index (χ1) is 9.29. The summed E-state index contributed by atoms with van der Waals surface area (Å²) in [6.07, 6.45) is 0. The Morgan fingerprint density at radius 1 is 0.800 bits per heavy atom. The summed E-state index contributed by atoms with van der Waals surface area (Å²) in [6, 6.07) is 10.9. The van der Waals surface area contributed by atoms with Crippen LogP contribution in [0.15, 0.2) is 41.3 Å². The van der Waals surface area contributed by atoms with Crippen LogP contribution in [0.4, 0.5) is 5.69 Å². The minimum Gasteiger partial charge on any atom is -0.280 e. The quantitative estimate of drug-likeness (QED) is 0.936. The lowest BCUT2D eigenvalue weighted by molar-refractivity contribution is 0.600. The van der Waals surface area contributed by atoms with Gasteiger partial charge in [0.25, 0.3) is 10.0 Å². The van der Waals surface area contributed by atoms with Crippen molar-refractivity contribution >= 4 is 15.7 Å². The largest absolute Gasteiger partial charge is 0.280 e. The second kappa shape index (κ2) is 5.29. The molecule has 0 fully saturated rings. The molecule has 0 aliphatic carbocycles. The summed E-state index contributed by atoms with van der Waals surface area (Å²) in [4.78, 5) is 0.334. The van der Waals surface area contributed by atoms with Crippen molar-refractivity contribution in [2.75, 3.05) is 4.72 Å². The normalized spacial score (nSPS) is 11.4. The highest BCUT2D eigenvalue weighted by molar-refractivity contribution is 7.92. The Hall–Kier alpha value is -1.81. The van der Waals surface area contributed by atoms with Crippen LogP contribution in [-0.2, 0) is 10.0 Å². The molecule has 106 valence electrons. The van der Waals surface area contributed by atoms with Gasteiger partial charge < -0.3 is 0 Å². The predicted molar refractivity (Wildman–Crippen MR) is 82.6 cm³/mol. The monoisotopic (exact) mass is 289 g/mol. The Labute approximate surface area is 120 Å². The first-order valence-corrected chi connectivity index (χ1v) is 7.95. The standard InChI is InChI=1S/C16H19NO2S/c1-11-5-7-15(8-6-11)17-20(18,19)16-10-13(3)12(2)9-14(16)4/h5-10,17H,1-4H3. The molecule has 0 aromatic heterocycles. The topological polar surface area (TPSA) is 46.2 Å². The van der Waals surface area contributed by atoms with Crippen molar-refractivity contribution in [1.82, 2.24) is 0 Å². The third kappa shape index (κ3) is 3.02. The van der Waals surface area contributed by atoms with Gasteiger partial charge in [0.1, 0.15) is 0 Å². The zero-order valence-electron chi connectivity index (χ0n) is 12.2. The second-order valence-electron chi connectivity index (χ2n) is 5.17. The Bertz CT molecular complexity index is 732. The van der Waals surface area contributed by atoms with Gasteiger partial charge in [-0.3, -0.25) is 4.72 Å². The summed E-state index contributed by atoms with van der Waals surface area (Å²) in [6.45, 7) is 7.67. The van der Waals surface area contributed by atoms with Crippen molar-refractivity contribution in [3.05, 3.63) is 58.7 Å². The van der Waals surface area contributed by atoms with Gasteiger partial charge in [0.05, 0.1) is 4.90 Å². The molecule has 0 saturated carbocycles. The van der Waals surface area contributed by atoms with Gasteiger partial charge in [-0.25, -0.2) is 8.42 Å². The lowest BCUT2D eigenvalue weighted by Crippen LogP contribution is -2.14. The van der Waals surface area contributed by atoms with Gasteiger partial charge in [0.2, 0.25) is 0 Å². The summed E-state index contributed by atoms with van der Waals surface area (Å²) in [5.41, 5.74) is 4.49. The Morgan fingerprint density at radius 2 is 1.35 bits per heavy atom. The molecular formula is C16H19NO2S. The van der Waals surface area contributed by atoms with Crippen molar-refractivity contribution in [1.29, 1.82) is 0 Å². The van der Waals surface area contributed by atoms with Gasteiger partial charge in [0.15, 0.2) is 0 Å². The van der Waals surface area contributed by atoms with Crippen LogP contribution in [0.25, 0.3) is 0 Å². The van der Waals surface area contributed by atoms with Crippen molar-refractivity contribution < 1.29 is 8.42 Å². The molecule has 3 nitrogen and oxygen atoms in total. The number of aryl methyl sites for hydroxylation is 4.